The highest BCUT2D eigenvalue weighted by atomic mass is 16.5. The minimum Gasteiger partial charge on any atom is -0.496 e. The van der Waals surface area contributed by atoms with Crippen LogP contribution in [0, 0.1) is 10.8 Å². The minimum atomic E-state index is 0.300. The van der Waals surface area contributed by atoms with Crippen LogP contribution >= 0.6 is 0 Å². The molecule has 1 heterocycles. The number of nitrogens with zero attached hydrogens (tertiary/aromatic N) is 3. The van der Waals surface area contributed by atoms with Gasteiger partial charge in [0.25, 0.3) is 0 Å². The average Bonchev–Trinajstić information content (AvgIpc) is 3.42. The highest BCUT2D eigenvalue weighted by molar-refractivity contribution is 6.19. The van der Waals surface area contributed by atoms with Crippen LogP contribution in [-0.4, -0.2) is 31.0 Å². The van der Waals surface area contributed by atoms with Gasteiger partial charge in [-0.1, -0.05) is 12.1 Å². The number of ether oxygens (including phenoxy) is 1. The molecule has 4 nitrogen and oxygen atoms in total. The smallest absolute Gasteiger partial charge is 0.164 e. The zero-order valence-corrected chi connectivity index (χ0v) is 12.8. The van der Waals surface area contributed by atoms with E-state index in [2.05, 4.69) is 4.99 Å². The molecule has 0 aromatic heterocycles. The summed E-state index contributed by atoms with van der Waals surface area (Å²) in [6, 6.07) is 8.02. The average molecular weight is 293 g/mol. The standard InChI is InChI=1S/C18H19N3O/c1-22-13-5-3-2-4-12(13)15(20-14-10-17(14)6-7-17)21-16-18(8-9-18)11-19-16/h2-5H,6-11H2,1H3. The first kappa shape index (κ1) is 12.6. The molecule has 2 spiro atoms. The van der Waals surface area contributed by atoms with E-state index in [4.69, 9.17) is 14.7 Å². The maximum absolute atomic E-state index is 5.51. The van der Waals surface area contributed by atoms with Crippen molar-refractivity contribution in [3.05, 3.63) is 29.8 Å². The number of para-hydroxylation sites is 1. The van der Waals surface area contributed by atoms with Crippen molar-refractivity contribution < 1.29 is 4.74 Å². The zero-order valence-electron chi connectivity index (χ0n) is 12.8. The lowest BCUT2D eigenvalue weighted by molar-refractivity contribution is 0.414. The fraction of sp³-hybridized carbons (Fsp3) is 0.500. The van der Waals surface area contributed by atoms with Crippen LogP contribution in [0.25, 0.3) is 0 Å². The third kappa shape index (κ3) is 1.79. The van der Waals surface area contributed by atoms with E-state index < -0.39 is 0 Å². The number of benzene rings is 1. The molecule has 0 radical (unpaired) electrons. The molecule has 1 aromatic rings. The molecule has 5 rings (SSSR count). The Morgan fingerprint density at radius 1 is 1.14 bits per heavy atom. The predicted molar refractivity (Wildman–Crippen MR) is 87.2 cm³/mol. The molecule has 1 aliphatic heterocycles. The summed E-state index contributed by atoms with van der Waals surface area (Å²) < 4.78 is 5.51. The number of methoxy groups -OCH3 is 1. The van der Waals surface area contributed by atoms with Gasteiger partial charge in [-0.25, -0.2) is 9.98 Å². The minimum absolute atomic E-state index is 0.300. The molecule has 0 atom stereocenters. The number of hydrogen-bond donors (Lipinski definition) is 0. The Morgan fingerprint density at radius 3 is 2.50 bits per heavy atom. The Bertz CT molecular complexity index is 751. The van der Waals surface area contributed by atoms with Gasteiger partial charge in [-0.2, -0.15) is 0 Å². The van der Waals surface area contributed by atoms with Gasteiger partial charge in [-0.15, -0.1) is 0 Å². The molecule has 22 heavy (non-hydrogen) atoms. The fourth-order valence-corrected chi connectivity index (χ4v) is 3.31. The third-order valence-corrected chi connectivity index (χ3v) is 5.51. The molecule has 0 saturated heterocycles. The summed E-state index contributed by atoms with van der Waals surface area (Å²) in [5.74, 6) is 2.63. The Kier molecular flexibility index (Phi) is 2.32. The van der Waals surface area contributed by atoms with E-state index in [1.165, 1.54) is 31.4 Å². The first-order valence-electron chi connectivity index (χ1n) is 8.10. The van der Waals surface area contributed by atoms with Crippen LogP contribution in [0.5, 0.6) is 5.75 Å². The lowest BCUT2D eigenvalue weighted by Crippen LogP contribution is -2.28. The van der Waals surface area contributed by atoms with Crippen molar-refractivity contribution in [1.82, 2.24) is 0 Å². The molecular weight excluding hydrogens is 274 g/mol. The molecule has 0 unspecified atom stereocenters. The van der Waals surface area contributed by atoms with Crippen LogP contribution in [0.2, 0.25) is 0 Å². The van der Waals surface area contributed by atoms with Gasteiger partial charge in [0.2, 0.25) is 0 Å². The molecule has 0 bridgehead atoms. The summed E-state index contributed by atoms with van der Waals surface area (Å²) in [6.07, 6.45) is 6.22. The molecule has 3 aliphatic carbocycles. The van der Waals surface area contributed by atoms with Crippen molar-refractivity contribution in [2.45, 2.75) is 32.1 Å². The zero-order chi connectivity index (χ0) is 14.8. The summed E-state index contributed by atoms with van der Waals surface area (Å²) in [5.41, 5.74) is 3.06. The SMILES string of the molecule is COc1ccccc1C(=NC1=NCC12CC2)N=C1CC12CC2. The Morgan fingerprint density at radius 2 is 1.91 bits per heavy atom. The van der Waals surface area contributed by atoms with Gasteiger partial charge < -0.3 is 4.74 Å². The van der Waals surface area contributed by atoms with Crippen molar-refractivity contribution in [2.75, 3.05) is 13.7 Å². The lowest BCUT2D eigenvalue weighted by atomic mass is 10.0. The second kappa shape index (κ2) is 4.06. The molecule has 3 fully saturated rings. The van der Waals surface area contributed by atoms with E-state index in [9.17, 15) is 0 Å². The van der Waals surface area contributed by atoms with E-state index in [-0.39, 0.29) is 0 Å². The summed E-state index contributed by atoms with van der Waals surface area (Å²) >= 11 is 0. The molecule has 4 aliphatic rings. The molecule has 3 saturated carbocycles. The van der Waals surface area contributed by atoms with Crippen LogP contribution in [0.4, 0.5) is 0 Å². The predicted octanol–water partition coefficient (Wildman–Crippen LogP) is 3.26. The number of hydrogen-bond acceptors (Lipinski definition) is 3. The fourth-order valence-electron chi connectivity index (χ4n) is 3.31. The number of amidine groups is 2. The highest BCUT2D eigenvalue weighted by Crippen LogP contribution is 2.63. The second-order valence-electron chi connectivity index (χ2n) is 7.07. The largest absolute Gasteiger partial charge is 0.496 e. The quantitative estimate of drug-likeness (QED) is 0.610. The lowest BCUT2D eigenvalue weighted by Gasteiger charge is -2.22. The molecule has 0 N–H and O–H groups in total. The van der Waals surface area contributed by atoms with Crippen molar-refractivity contribution in [1.29, 1.82) is 0 Å². The Hall–Kier alpha value is -1.97. The van der Waals surface area contributed by atoms with Crippen molar-refractivity contribution in [3.63, 3.8) is 0 Å². The van der Waals surface area contributed by atoms with Gasteiger partial charge in [-0.3, -0.25) is 4.99 Å². The first-order valence-corrected chi connectivity index (χ1v) is 8.10. The molecular formula is C18H19N3O. The maximum Gasteiger partial charge on any atom is 0.164 e. The van der Waals surface area contributed by atoms with Gasteiger partial charge in [0, 0.05) is 16.5 Å². The van der Waals surface area contributed by atoms with Crippen LogP contribution in [0.1, 0.15) is 37.7 Å². The van der Waals surface area contributed by atoms with Crippen LogP contribution in [0.15, 0.2) is 39.2 Å². The number of aliphatic imine (C=N–C) groups is 3. The summed E-state index contributed by atoms with van der Waals surface area (Å²) in [4.78, 5) is 14.3. The second-order valence-corrected chi connectivity index (χ2v) is 7.07. The van der Waals surface area contributed by atoms with E-state index in [0.717, 1.165) is 35.9 Å². The van der Waals surface area contributed by atoms with E-state index in [1.54, 1.807) is 7.11 Å². The van der Waals surface area contributed by atoms with E-state index in [0.29, 0.717) is 10.8 Å². The van der Waals surface area contributed by atoms with Crippen molar-refractivity contribution in [2.24, 2.45) is 25.8 Å². The number of rotatable bonds is 2. The third-order valence-electron chi connectivity index (χ3n) is 5.51. The summed E-state index contributed by atoms with van der Waals surface area (Å²) in [5, 5.41) is 0. The first-order chi connectivity index (χ1) is 10.7. The Labute approximate surface area is 130 Å². The van der Waals surface area contributed by atoms with Gasteiger partial charge in [0.05, 0.1) is 19.2 Å². The normalized spacial score (nSPS) is 27.6. The highest BCUT2D eigenvalue weighted by Gasteiger charge is 2.60. The summed E-state index contributed by atoms with van der Waals surface area (Å²) in [7, 11) is 1.70. The maximum atomic E-state index is 5.51. The summed E-state index contributed by atoms with van der Waals surface area (Å²) in [6.45, 7) is 0.950. The molecule has 1 aromatic carbocycles. The van der Waals surface area contributed by atoms with Crippen molar-refractivity contribution in [3.8, 4) is 5.75 Å². The van der Waals surface area contributed by atoms with Gasteiger partial charge >= 0.3 is 0 Å². The monoisotopic (exact) mass is 293 g/mol. The Balaban J connectivity index is 1.57. The van der Waals surface area contributed by atoms with Crippen LogP contribution < -0.4 is 4.74 Å². The molecule has 0 amide bonds. The van der Waals surface area contributed by atoms with Gasteiger partial charge in [-0.05, 0) is 44.2 Å². The van der Waals surface area contributed by atoms with E-state index in [1.807, 2.05) is 24.3 Å². The van der Waals surface area contributed by atoms with Crippen LogP contribution in [0.3, 0.4) is 0 Å². The van der Waals surface area contributed by atoms with Gasteiger partial charge in [0.15, 0.2) is 5.84 Å². The van der Waals surface area contributed by atoms with E-state index >= 15 is 0 Å². The molecule has 4 heteroatoms. The van der Waals surface area contributed by atoms with Crippen LogP contribution in [-0.2, 0) is 0 Å². The van der Waals surface area contributed by atoms with Crippen molar-refractivity contribution >= 4 is 17.4 Å². The topological polar surface area (TPSA) is 46.3 Å². The van der Waals surface area contributed by atoms with Gasteiger partial charge in [0.1, 0.15) is 11.6 Å². The molecule has 112 valence electrons.